The van der Waals surface area contributed by atoms with Gasteiger partial charge in [-0.05, 0) is 73.7 Å². The lowest BCUT2D eigenvalue weighted by Crippen LogP contribution is -2.47. The highest BCUT2D eigenvalue weighted by atomic mass is 35.5. The minimum atomic E-state index is 0.645. The number of nitrogens with zero attached hydrogens (tertiary/aromatic N) is 2. The van der Waals surface area contributed by atoms with Crippen LogP contribution in [0.4, 0.5) is 11.4 Å². The summed E-state index contributed by atoms with van der Waals surface area (Å²) in [6, 6.07) is 15.8. The molecule has 2 N–H and O–H groups in total. The van der Waals surface area contributed by atoms with Crippen LogP contribution in [0.2, 0.25) is 5.02 Å². The van der Waals surface area contributed by atoms with E-state index in [1.807, 2.05) is 36.4 Å². The fourth-order valence-electron chi connectivity index (χ4n) is 3.24. The van der Waals surface area contributed by atoms with E-state index in [2.05, 4.69) is 32.6 Å². The highest BCUT2D eigenvalue weighted by molar-refractivity contribution is 7.80. The second-order valence-corrected chi connectivity index (χ2v) is 7.61. The Hall–Kier alpha value is -2.02. The molecule has 150 valence electrons. The third-order valence-corrected chi connectivity index (χ3v) is 5.35. The van der Waals surface area contributed by atoms with Gasteiger partial charge in [0, 0.05) is 49.1 Å². The van der Waals surface area contributed by atoms with Crippen LogP contribution in [0.15, 0.2) is 48.5 Å². The molecule has 2 aromatic rings. The summed E-state index contributed by atoms with van der Waals surface area (Å²) in [4.78, 5) is 4.94. The number of piperazine rings is 1. The zero-order valence-electron chi connectivity index (χ0n) is 16.2. The Morgan fingerprint density at radius 1 is 1.04 bits per heavy atom. The Morgan fingerprint density at radius 3 is 2.36 bits per heavy atom. The molecule has 0 spiro atoms. The molecule has 0 atom stereocenters. The highest BCUT2D eigenvalue weighted by Crippen LogP contribution is 2.20. The van der Waals surface area contributed by atoms with Crippen LogP contribution in [0, 0.1) is 0 Å². The zero-order valence-corrected chi connectivity index (χ0v) is 17.7. The molecule has 1 saturated heterocycles. The van der Waals surface area contributed by atoms with Crippen LogP contribution in [0.25, 0.3) is 0 Å². The summed E-state index contributed by atoms with van der Waals surface area (Å²) in [6.45, 7) is 6.21. The molecule has 0 aliphatic carbocycles. The first-order chi connectivity index (χ1) is 13.6. The van der Waals surface area contributed by atoms with E-state index >= 15 is 0 Å². The van der Waals surface area contributed by atoms with Gasteiger partial charge in [-0.3, -0.25) is 4.90 Å². The molecule has 1 fully saturated rings. The molecular weight excluding hydrogens is 392 g/mol. The zero-order chi connectivity index (χ0) is 19.8. The van der Waals surface area contributed by atoms with Gasteiger partial charge in [0.15, 0.2) is 5.11 Å². The number of nitrogens with one attached hydrogen (secondary N) is 2. The lowest BCUT2D eigenvalue weighted by Gasteiger charge is -2.36. The van der Waals surface area contributed by atoms with Crippen LogP contribution >= 0.6 is 23.8 Å². The molecule has 1 aliphatic rings. The minimum absolute atomic E-state index is 0.645. The summed E-state index contributed by atoms with van der Waals surface area (Å²) in [6.07, 6.45) is 1.06. The van der Waals surface area contributed by atoms with Crippen molar-refractivity contribution < 1.29 is 4.74 Å². The molecule has 2 aromatic carbocycles. The fourth-order valence-corrected chi connectivity index (χ4v) is 3.58. The van der Waals surface area contributed by atoms with Crippen LogP contribution in [-0.2, 0) is 0 Å². The van der Waals surface area contributed by atoms with Crippen molar-refractivity contribution in [3.8, 4) is 5.75 Å². The Labute approximate surface area is 177 Å². The largest absolute Gasteiger partial charge is 0.497 e. The van der Waals surface area contributed by atoms with Gasteiger partial charge >= 0.3 is 0 Å². The number of hydrogen-bond donors (Lipinski definition) is 2. The van der Waals surface area contributed by atoms with Crippen LogP contribution < -0.4 is 20.3 Å². The summed E-state index contributed by atoms with van der Waals surface area (Å²) >= 11 is 11.2. The summed E-state index contributed by atoms with van der Waals surface area (Å²) in [5, 5.41) is 7.81. The number of benzene rings is 2. The smallest absolute Gasteiger partial charge is 0.170 e. The predicted octanol–water partition coefficient (Wildman–Crippen LogP) is 3.85. The van der Waals surface area contributed by atoms with Gasteiger partial charge in [-0.15, -0.1) is 0 Å². The van der Waals surface area contributed by atoms with Crippen molar-refractivity contribution in [1.82, 2.24) is 10.2 Å². The molecule has 0 bridgehead atoms. The molecule has 28 heavy (non-hydrogen) atoms. The number of thiocarbonyl (C=S) groups is 1. The van der Waals surface area contributed by atoms with Gasteiger partial charge < -0.3 is 20.3 Å². The first kappa shape index (κ1) is 20.7. The second-order valence-electron chi connectivity index (χ2n) is 6.77. The number of rotatable bonds is 7. The second kappa shape index (κ2) is 10.5. The Balaban J connectivity index is 1.31. The molecule has 7 heteroatoms. The van der Waals surface area contributed by atoms with E-state index in [-0.39, 0.29) is 0 Å². The van der Waals surface area contributed by atoms with Gasteiger partial charge in [-0.1, -0.05) is 11.6 Å². The standard InChI is InChI=1S/C21H27ClN4OS/c1-27-20-9-7-19(8-10-20)26-15-13-25(14-16-26)12-2-11-23-21(28)24-18-5-3-17(22)4-6-18/h3-10H,2,11-16H2,1H3,(H2,23,24,28). The van der Waals surface area contributed by atoms with Gasteiger partial charge in [0.2, 0.25) is 0 Å². The van der Waals surface area contributed by atoms with Crippen molar-refractivity contribution in [2.75, 3.05) is 56.6 Å². The quantitative estimate of drug-likeness (QED) is 0.525. The first-order valence-electron chi connectivity index (χ1n) is 9.56. The van der Waals surface area contributed by atoms with E-state index in [9.17, 15) is 0 Å². The normalized spacial score (nSPS) is 14.6. The molecule has 5 nitrogen and oxygen atoms in total. The van der Waals surface area contributed by atoms with Crippen molar-refractivity contribution in [2.45, 2.75) is 6.42 Å². The van der Waals surface area contributed by atoms with E-state index in [4.69, 9.17) is 28.6 Å². The molecule has 1 heterocycles. The Morgan fingerprint density at radius 2 is 1.71 bits per heavy atom. The summed E-state index contributed by atoms with van der Waals surface area (Å²) in [7, 11) is 1.70. The Bertz CT molecular complexity index is 746. The van der Waals surface area contributed by atoms with Crippen molar-refractivity contribution in [3.63, 3.8) is 0 Å². The molecular formula is C21H27ClN4OS. The summed E-state index contributed by atoms with van der Waals surface area (Å²) in [5.41, 5.74) is 2.21. The number of hydrogen-bond acceptors (Lipinski definition) is 4. The highest BCUT2D eigenvalue weighted by Gasteiger charge is 2.16. The predicted molar refractivity (Wildman–Crippen MR) is 122 cm³/mol. The van der Waals surface area contributed by atoms with Gasteiger partial charge in [0.1, 0.15) is 5.75 Å². The van der Waals surface area contributed by atoms with Gasteiger partial charge in [-0.25, -0.2) is 0 Å². The molecule has 1 aliphatic heterocycles. The summed E-state index contributed by atoms with van der Waals surface area (Å²) in [5.74, 6) is 0.901. The molecule has 0 amide bonds. The maximum Gasteiger partial charge on any atom is 0.170 e. The lowest BCUT2D eigenvalue weighted by molar-refractivity contribution is 0.255. The molecule has 0 aromatic heterocycles. The lowest BCUT2D eigenvalue weighted by atomic mass is 10.2. The van der Waals surface area contributed by atoms with Crippen LogP contribution in [0.1, 0.15) is 6.42 Å². The fraction of sp³-hybridized carbons (Fsp3) is 0.381. The van der Waals surface area contributed by atoms with Crippen molar-refractivity contribution in [1.29, 1.82) is 0 Å². The average Bonchev–Trinajstić information content (AvgIpc) is 2.73. The van der Waals surface area contributed by atoms with Crippen LogP contribution in [0.5, 0.6) is 5.75 Å². The third kappa shape index (κ3) is 6.26. The third-order valence-electron chi connectivity index (χ3n) is 4.85. The first-order valence-corrected chi connectivity index (χ1v) is 10.3. The van der Waals surface area contributed by atoms with Crippen molar-refractivity contribution in [3.05, 3.63) is 53.6 Å². The molecule has 0 radical (unpaired) electrons. The maximum atomic E-state index is 5.89. The number of ether oxygens (including phenoxy) is 1. The monoisotopic (exact) mass is 418 g/mol. The van der Waals surface area contributed by atoms with Crippen molar-refractivity contribution in [2.24, 2.45) is 0 Å². The van der Waals surface area contributed by atoms with Crippen LogP contribution in [0.3, 0.4) is 0 Å². The number of halogens is 1. The van der Waals surface area contributed by atoms with Gasteiger partial charge in [-0.2, -0.15) is 0 Å². The van der Waals surface area contributed by atoms with E-state index < -0.39 is 0 Å². The topological polar surface area (TPSA) is 39.8 Å². The average molecular weight is 419 g/mol. The van der Waals surface area contributed by atoms with Crippen LogP contribution in [-0.4, -0.2) is 56.4 Å². The van der Waals surface area contributed by atoms with Crippen molar-refractivity contribution >= 4 is 40.3 Å². The Kier molecular flexibility index (Phi) is 7.77. The summed E-state index contributed by atoms with van der Waals surface area (Å²) < 4.78 is 5.23. The molecule has 0 unspecified atom stereocenters. The molecule has 0 saturated carbocycles. The van der Waals surface area contributed by atoms with E-state index in [1.54, 1.807) is 7.11 Å². The van der Waals surface area contributed by atoms with E-state index in [0.717, 1.165) is 62.1 Å². The maximum absolute atomic E-state index is 5.89. The SMILES string of the molecule is COc1ccc(N2CCN(CCCNC(=S)Nc3ccc(Cl)cc3)CC2)cc1. The number of methoxy groups -OCH3 is 1. The minimum Gasteiger partial charge on any atom is -0.497 e. The van der Waals surface area contributed by atoms with E-state index in [1.165, 1.54) is 5.69 Å². The molecule has 3 rings (SSSR count). The van der Waals surface area contributed by atoms with E-state index in [0.29, 0.717) is 5.11 Å². The van der Waals surface area contributed by atoms with Gasteiger partial charge in [0.25, 0.3) is 0 Å². The van der Waals surface area contributed by atoms with Gasteiger partial charge in [0.05, 0.1) is 7.11 Å². The number of anilines is 2.